The fourth-order valence-electron chi connectivity index (χ4n) is 2.10. The van der Waals surface area contributed by atoms with Gasteiger partial charge in [0.05, 0.1) is 0 Å². The Labute approximate surface area is 120 Å². The van der Waals surface area contributed by atoms with Crippen LogP contribution in [0.4, 0.5) is 0 Å². The third-order valence-corrected chi connectivity index (χ3v) is 4.95. The summed E-state index contributed by atoms with van der Waals surface area (Å²) in [6.07, 6.45) is 7.56. The molecule has 0 unspecified atom stereocenters. The van der Waals surface area contributed by atoms with Crippen molar-refractivity contribution in [3.8, 4) is 0 Å². The van der Waals surface area contributed by atoms with Crippen molar-refractivity contribution >= 4 is 31.9 Å². The number of allylic oxidation sites excluding steroid dienone is 1. The van der Waals surface area contributed by atoms with Crippen LogP contribution in [0.1, 0.15) is 31.2 Å². The Morgan fingerprint density at radius 2 is 2.06 bits per heavy atom. The van der Waals surface area contributed by atoms with E-state index in [2.05, 4.69) is 61.5 Å². The fraction of sp³-hybridized carbons (Fsp3) is 0.429. The monoisotopic (exact) mass is 357 g/mol. The second kappa shape index (κ2) is 6.72. The third kappa shape index (κ3) is 4.23. The van der Waals surface area contributed by atoms with Gasteiger partial charge in [0.25, 0.3) is 0 Å². The van der Waals surface area contributed by atoms with E-state index in [4.69, 9.17) is 0 Å². The Kier molecular flexibility index (Phi) is 5.26. The highest BCUT2D eigenvalue weighted by molar-refractivity contribution is 9.13. The maximum absolute atomic E-state index is 3.53. The van der Waals surface area contributed by atoms with E-state index in [1.807, 2.05) is 0 Å². The molecule has 2 rings (SSSR count). The standard InChI is InChI=1S/C14H17Br2N/c15-13-6-5-12(9-14(13)16)10-17-8-7-11-3-1-2-4-11/h3,5-6,9,17H,1-2,4,7-8,10H2. The van der Waals surface area contributed by atoms with Crippen LogP contribution < -0.4 is 5.32 Å². The van der Waals surface area contributed by atoms with Gasteiger partial charge < -0.3 is 5.32 Å². The Hall–Kier alpha value is -0.120. The SMILES string of the molecule is Brc1ccc(CNCCC2=CCCC2)cc1Br. The van der Waals surface area contributed by atoms with Crippen molar-refractivity contribution in [2.24, 2.45) is 0 Å². The summed E-state index contributed by atoms with van der Waals surface area (Å²) in [6, 6.07) is 6.39. The van der Waals surface area contributed by atoms with Gasteiger partial charge in [0, 0.05) is 15.5 Å². The molecule has 0 amide bonds. The molecule has 0 saturated heterocycles. The lowest BCUT2D eigenvalue weighted by Gasteiger charge is -2.06. The molecule has 92 valence electrons. The molecule has 1 nitrogen and oxygen atoms in total. The number of halogens is 2. The van der Waals surface area contributed by atoms with Crippen molar-refractivity contribution in [3.63, 3.8) is 0 Å². The number of rotatable bonds is 5. The normalized spacial score (nSPS) is 15.1. The van der Waals surface area contributed by atoms with E-state index in [9.17, 15) is 0 Å². The van der Waals surface area contributed by atoms with Crippen molar-refractivity contribution < 1.29 is 0 Å². The minimum atomic E-state index is 0.944. The van der Waals surface area contributed by atoms with E-state index in [0.717, 1.165) is 22.0 Å². The van der Waals surface area contributed by atoms with Crippen LogP contribution in [-0.2, 0) is 6.54 Å². The summed E-state index contributed by atoms with van der Waals surface area (Å²) in [4.78, 5) is 0. The lowest BCUT2D eigenvalue weighted by atomic mass is 10.1. The van der Waals surface area contributed by atoms with E-state index in [-0.39, 0.29) is 0 Å². The van der Waals surface area contributed by atoms with Crippen LogP contribution in [0.5, 0.6) is 0 Å². The Balaban J connectivity index is 1.72. The first-order chi connectivity index (χ1) is 8.25. The first-order valence-electron chi connectivity index (χ1n) is 6.08. The van der Waals surface area contributed by atoms with Crippen molar-refractivity contribution in [1.29, 1.82) is 0 Å². The molecule has 1 aromatic rings. The van der Waals surface area contributed by atoms with Gasteiger partial charge in [-0.05, 0) is 81.8 Å². The fourth-order valence-corrected chi connectivity index (χ4v) is 2.77. The lowest BCUT2D eigenvalue weighted by Crippen LogP contribution is -2.15. The Morgan fingerprint density at radius 1 is 1.18 bits per heavy atom. The van der Waals surface area contributed by atoms with Gasteiger partial charge in [-0.25, -0.2) is 0 Å². The highest BCUT2D eigenvalue weighted by Gasteiger charge is 2.03. The van der Waals surface area contributed by atoms with Crippen LogP contribution in [0.15, 0.2) is 38.8 Å². The third-order valence-electron chi connectivity index (χ3n) is 3.07. The summed E-state index contributed by atoms with van der Waals surface area (Å²) in [6.45, 7) is 2.03. The highest BCUT2D eigenvalue weighted by atomic mass is 79.9. The first kappa shape index (κ1) is 13.3. The minimum Gasteiger partial charge on any atom is -0.312 e. The second-order valence-corrected chi connectivity index (χ2v) is 6.14. The van der Waals surface area contributed by atoms with E-state index in [0.29, 0.717) is 0 Å². The zero-order valence-corrected chi connectivity index (χ0v) is 13.0. The molecule has 1 aliphatic carbocycles. The molecule has 1 aromatic carbocycles. The van der Waals surface area contributed by atoms with Crippen LogP contribution in [-0.4, -0.2) is 6.54 Å². The van der Waals surface area contributed by atoms with Gasteiger partial charge >= 0.3 is 0 Å². The Bertz CT molecular complexity index is 413. The van der Waals surface area contributed by atoms with E-state index >= 15 is 0 Å². The summed E-state index contributed by atoms with van der Waals surface area (Å²) in [5.74, 6) is 0. The molecule has 17 heavy (non-hydrogen) atoms. The van der Waals surface area contributed by atoms with Gasteiger partial charge in [-0.15, -0.1) is 0 Å². The minimum absolute atomic E-state index is 0.944. The highest BCUT2D eigenvalue weighted by Crippen LogP contribution is 2.24. The van der Waals surface area contributed by atoms with Crippen molar-refractivity contribution in [2.75, 3.05) is 6.54 Å². The molecule has 0 atom stereocenters. The molecule has 0 aromatic heterocycles. The van der Waals surface area contributed by atoms with Crippen LogP contribution in [0.25, 0.3) is 0 Å². The number of benzene rings is 1. The average Bonchev–Trinajstić information content (AvgIpc) is 2.82. The number of nitrogens with one attached hydrogen (secondary N) is 1. The largest absolute Gasteiger partial charge is 0.312 e. The zero-order valence-electron chi connectivity index (χ0n) is 9.81. The average molecular weight is 359 g/mol. The molecule has 0 radical (unpaired) electrons. The molecular weight excluding hydrogens is 342 g/mol. The van der Waals surface area contributed by atoms with Gasteiger partial charge in [0.2, 0.25) is 0 Å². The molecule has 3 heteroatoms. The molecule has 1 aliphatic rings. The predicted octanol–water partition coefficient (Wildman–Crippen LogP) is 4.80. The quantitative estimate of drug-likeness (QED) is 0.588. The van der Waals surface area contributed by atoms with Gasteiger partial charge in [-0.3, -0.25) is 0 Å². The summed E-state index contributed by atoms with van der Waals surface area (Å²) in [7, 11) is 0. The molecule has 0 spiro atoms. The van der Waals surface area contributed by atoms with Crippen molar-refractivity contribution in [1.82, 2.24) is 5.32 Å². The van der Waals surface area contributed by atoms with Gasteiger partial charge in [0.1, 0.15) is 0 Å². The first-order valence-corrected chi connectivity index (χ1v) is 7.67. The predicted molar refractivity (Wildman–Crippen MR) is 80.1 cm³/mol. The summed E-state index contributed by atoms with van der Waals surface area (Å²) in [5, 5.41) is 3.50. The van der Waals surface area contributed by atoms with Crippen LogP contribution in [0.3, 0.4) is 0 Å². The van der Waals surface area contributed by atoms with Crippen LogP contribution in [0, 0.1) is 0 Å². The molecule has 0 saturated carbocycles. The van der Waals surface area contributed by atoms with Gasteiger partial charge in [-0.1, -0.05) is 17.7 Å². The molecule has 0 heterocycles. The molecule has 1 N–H and O–H groups in total. The van der Waals surface area contributed by atoms with Gasteiger partial charge in [0.15, 0.2) is 0 Å². The lowest BCUT2D eigenvalue weighted by molar-refractivity contribution is 0.675. The van der Waals surface area contributed by atoms with Crippen LogP contribution in [0.2, 0.25) is 0 Å². The second-order valence-electron chi connectivity index (χ2n) is 4.43. The Morgan fingerprint density at radius 3 is 2.76 bits per heavy atom. The zero-order chi connectivity index (χ0) is 12.1. The summed E-state index contributed by atoms with van der Waals surface area (Å²) in [5.41, 5.74) is 2.95. The van der Waals surface area contributed by atoms with E-state index in [1.165, 1.54) is 31.2 Å². The maximum Gasteiger partial charge on any atom is 0.0320 e. The molecule has 0 fully saturated rings. The van der Waals surface area contributed by atoms with Gasteiger partial charge in [-0.2, -0.15) is 0 Å². The van der Waals surface area contributed by atoms with E-state index in [1.54, 1.807) is 5.57 Å². The summed E-state index contributed by atoms with van der Waals surface area (Å²) < 4.78 is 2.23. The van der Waals surface area contributed by atoms with Crippen molar-refractivity contribution in [2.45, 2.75) is 32.2 Å². The number of hydrogen-bond donors (Lipinski definition) is 1. The van der Waals surface area contributed by atoms with Crippen molar-refractivity contribution in [3.05, 3.63) is 44.4 Å². The maximum atomic E-state index is 3.53. The number of hydrogen-bond acceptors (Lipinski definition) is 1. The molecule has 0 aliphatic heterocycles. The van der Waals surface area contributed by atoms with Crippen LogP contribution >= 0.6 is 31.9 Å². The topological polar surface area (TPSA) is 12.0 Å². The summed E-state index contributed by atoms with van der Waals surface area (Å²) >= 11 is 7.01. The smallest absolute Gasteiger partial charge is 0.0320 e. The van der Waals surface area contributed by atoms with E-state index < -0.39 is 0 Å². The molecular formula is C14H17Br2N. The molecule has 0 bridgehead atoms.